The highest BCUT2D eigenvalue weighted by molar-refractivity contribution is 5.92. The normalized spacial score (nSPS) is 10.8. The third-order valence-electron chi connectivity index (χ3n) is 5.31. The lowest BCUT2D eigenvalue weighted by Crippen LogP contribution is -2.01. The molecule has 0 spiro atoms. The van der Waals surface area contributed by atoms with E-state index in [0.29, 0.717) is 6.42 Å². The number of aryl methyl sites for hydroxylation is 2. The molecule has 0 saturated heterocycles. The molecule has 0 bridgehead atoms. The van der Waals surface area contributed by atoms with E-state index in [2.05, 4.69) is 41.8 Å². The van der Waals surface area contributed by atoms with Gasteiger partial charge in [0.2, 0.25) is 0 Å². The topological polar surface area (TPSA) is 47.2 Å². The number of fused-ring (bicyclic) bond motifs is 1. The summed E-state index contributed by atoms with van der Waals surface area (Å²) in [6, 6.07) is 16.8. The average molecular weight is 377 g/mol. The Morgan fingerprint density at radius 1 is 0.893 bits per heavy atom. The lowest BCUT2D eigenvalue weighted by atomic mass is 10.1. The molecule has 4 heteroatoms. The van der Waals surface area contributed by atoms with E-state index >= 15 is 0 Å². The predicted octanol–water partition coefficient (Wildman–Crippen LogP) is 6.11. The zero-order valence-electron chi connectivity index (χ0n) is 17.0. The summed E-state index contributed by atoms with van der Waals surface area (Å²) in [6.07, 6.45) is 4.99. The molecule has 1 heterocycles. The fourth-order valence-electron chi connectivity index (χ4n) is 3.81. The van der Waals surface area contributed by atoms with Crippen molar-refractivity contribution < 1.29 is 9.47 Å². The van der Waals surface area contributed by atoms with Crippen LogP contribution in [0.25, 0.3) is 22.2 Å². The molecule has 3 aromatic rings. The van der Waals surface area contributed by atoms with Gasteiger partial charge in [0.25, 0.3) is 0 Å². The summed E-state index contributed by atoms with van der Waals surface area (Å²) in [5, 5.41) is 9.92. The molecule has 0 fully saturated rings. The lowest BCUT2D eigenvalue weighted by Gasteiger charge is -2.12. The number of hydrogen-bond donors (Lipinski definition) is 0. The van der Waals surface area contributed by atoms with Gasteiger partial charge in [-0.25, -0.2) is 0 Å². The molecule has 0 unspecified atom stereocenters. The third kappa shape index (κ3) is 4.14. The minimum Gasteiger partial charge on any atom is -0.497 e. The summed E-state index contributed by atoms with van der Waals surface area (Å²) < 4.78 is 13.2. The van der Waals surface area contributed by atoms with E-state index in [4.69, 9.17) is 14.7 Å². The number of unbranched alkanes of at least 4 members (excludes halogenated alkanes) is 4. The molecular formula is C24H28N2O2. The smallest absolute Gasteiger partial charge is 0.119 e. The van der Waals surface area contributed by atoms with E-state index in [1.54, 1.807) is 14.2 Å². The van der Waals surface area contributed by atoms with Gasteiger partial charge in [0.1, 0.15) is 11.5 Å². The van der Waals surface area contributed by atoms with Gasteiger partial charge in [0.05, 0.1) is 26.0 Å². The van der Waals surface area contributed by atoms with Gasteiger partial charge in [0, 0.05) is 23.9 Å². The minimum atomic E-state index is 0.655. The van der Waals surface area contributed by atoms with Crippen molar-refractivity contribution in [3.05, 3.63) is 48.0 Å². The zero-order valence-corrected chi connectivity index (χ0v) is 17.0. The molecule has 0 radical (unpaired) electrons. The van der Waals surface area contributed by atoms with Crippen molar-refractivity contribution in [3.63, 3.8) is 0 Å². The molecule has 0 N–H and O–H groups in total. The number of nitrogens with zero attached hydrogens (tertiary/aromatic N) is 2. The second kappa shape index (κ2) is 9.32. The number of aromatic nitrogens is 1. The van der Waals surface area contributed by atoms with Crippen LogP contribution in [0.3, 0.4) is 0 Å². The molecule has 0 amide bonds. The van der Waals surface area contributed by atoms with Crippen molar-refractivity contribution in [2.45, 2.75) is 45.6 Å². The predicted molar refractivity (Wildman–Crippen MR) is 114 cm³/mol. The number of benzene rings is 2. The van der Waals surface area contributed by atoms with Crippen LogP contribution in [0.4, 0.5) is 0 Å². The Bertz CT molecular complexity index is 965. The van der Waals surface area contributed by atoms with Crippen molar-refractivity contribution in [2.24, 2.45) is 0 Å². The second-order valence-electron chi connectivity index (χ2n) is 7.06. The molecule has 3 rings (SSSR count). The van der Waals surface area contributed by atoms with Crippen LogP contribution >= 0.6 is 0 Å². The van der Waals surface area contributed by atoms with E-state index in [0.717, 1.165) is 43.7 Å². The van der Waals surface area contributed by atoms with Crippen molar-refractivity contribution in [3.8, 4) is 28.8 Å². The second-order valence-corrected chi connectivity index (χ2v) is 7.06. The Morgan fingerprint density at radius 3 is 2.25 bits per heavy atom. The van der Waals surface area contributed by atoms with E-state index in [1.165, 1.54) is 27.7 Å². The zero-order chi connectivity index (χ0) is 19.9. The fourth-order valence-corrected chi connectivity index (χ4v) is 3.81. The van der Waals surface area contributed by atoms with Crippen molar-refractivity contribution in [1.82, 2.24) is 4.57 Å². The number of nitriles is 1. The number of methoxy groups -OCH3 is 2. The molecule has 0 aliphatic rings. The van der Waals surface area contributed by atoms with E-state index < -0.39 is 0 Å². The van der Waals surface area contributed by atoms with Gasteiger partial charge in [-0.1, -0.05) is 12.8 Å². The van der Waals surface area contributed by atoms with Crippen LogP contribution < -0.4 is 9.47 Å². The summed E-state index contributed by atoms with van der Waals surface area (Å²) in [7, 11) is 3.40. The lowest BCUT2D eigenvalue weighted by molar-refractivity contribution is 0.415. The molecule has 0 aliphatic carbocycles. The summed E-state index contributed by atoms with van der Waals surface area (Å²) in [5.41, 5.74) is 4.95. The maximum atomic E-state index is 8.69. The Balaban J connectivity index is 1.96. The summed E-state index contributed by atoms with van der Waals surface area (Å²) >= 11 is 0. The van der Waals surface area contributed by atoms with Crippen LogP contribution in [0.2, 0.25) is 0 Å². The molecule has 4 nitrogen and oxygen atoms in total. The Kier molecular flexibility index (Phi) is 6.60. The van der Waals surface area contributed by atoms with Crippen LogP contribution in [0.15, 0.2) is 42.5 Å². The van der Waals surface area contributed by atoms with Crippen LogP contribution in [-0.4, -0.2) is 18.8 Å². The molecule has 1 aromatic heterocycles. The van der Waals surface area contributed by atoms with Crippen molar-refractivity contribution in [1.29, 1.82) is 5.26 Å². The molecule has 0 aliphatic heterocycles. The van der Waals surface area contributed by atoms with Crippen molar-refractivity contribution >= 4 is 10.9 Å². The Labute approximate surface area is 167 Å². The van der Waals surface area contributed by atoms with Gasteiger partial charge in [-0.05, 0) is 73.4 Å². The van der Waals surface area contributed by atoms with Gasteiger partial charge in [-0.15, -0.1) is 0 Å². The van der Waals surface area contributed by atoms with E-state index in [-0.39, 0.29) is 0 Å². The third-order valence-corrected chi connectivity index (χ3v) is 5.31. The van der Waals surface area contributed by atoms with E-state index in [9.17, 15) is 0 Å². The fraction of sp³-hybridized carbons (Fsp3) is 0.375. The molecule has 146 valence electrons. The first-order valence-electron chi connectivity index (χ1n) is 9.87. The van der Waals surface area contributed by atoms with Crippen LogP contribution in [0.5, 0.6) is 11.5 Å². The standard InChI is InChI=1S/C24H28N2O2/c1-18-22-17-21(28-3)13-14-23(22)26(16-8-6-4-5-7-15-25)24(18)19-9-11-20(27-2)12-10-19/h9-14,17H,4-8,16H2,1-3H3. The maximum Gasteiger partial charge on any atom is 0.119 e. The first-order chi connectivity index (χ1) is 13.7. The SMILES string of the molecule is COc1ccc(-c2c(C)c3cc(OC)ccc3n2CCCCCCC#N)cc1. The highest BCUT2D eigenvalue weighted by Crippen LogP contribution is 2.36. The van der Waals surface area contributed by atoms with Crippen LogP contribution in [0, 0.1) is 18.3 Å². The first kappa shape index (κ1) is 19.8. The Hall–Kier alpha value is -2.93. The summed E-state index contributed by atoms with van der Waals surface area (Å²) in [4.78, 5) is 0. The van der Waals surface area contributed by atoms with Gasteiger partial charge in [-0.2, -0.15) is 5.26 Å². The monoisotopic (exact) mass is 376 g/mol. The van der Waals surface area contributed by atoms with Crippen LogP contribution in [0.1, 0.15) is 37.7 Å². The van der Waals surface area contributed by atoms with E-state index in [1.807, 2.05) is 18.2 Å². The minimum absolute atomic E-state index is 0.655. The highest BCUT2D eigenvalue weighted by Gasteiger charge is 2.16. The number of ether oxygens (including phenoxy) is 2. The highest BCUT2D eigenvalue weighted by atomic mass is 16.5. The van der Waals surface area contributed by atoms with Gasteiger partial charge in [-0.3, -0.25) is 0 Å². The molecule has 0 atom stereocenters. The summed E-state index contributed by atoms with van der Waals surface area (Å²) in [6.45, 7) is 3.15. The maximum absolute atomic E-state index is 8.69. The summed E-state index contributed by atoms with van der Waals surface area (Å²) in [5.74, 6) is 1.74. The molecule has 28 heavy (non-hydrogen) atoms. The number of hydrogen-bond acceptors (Lipinski definition) is 3. The largest absolute Gasteiger partial charge is 0.497 e. The molecule has 0 saturated carbocycles. The van der Waals surface area contributed by atoms with Gasteiger partial charge >= 0.3 is 0 Å². The van der Waals surface area contributed by atoms with Crippen LogP contribution in [-0.2, 0) is 6.54 Å². The molecule has 2 aromatic carbocycles. The van der Waals surface area contributed by atoms with Gasteiger partial charge < -0.3 is 14.0 Å². The number of rotatable bonds is 9. The molecular weight excluding hydrogens is 348 g/mol. The quantitative estimate of drug-likeness (QED) is 0.423. The first-order valence-corrected chi connectivity index (χ1v) is 9.87. The Morgan fingerprint density at radius 2 is 1.57 bits per heavy atom. The van der Waals surface area contributed by atoms with Crippen molar-refractivity contribution in [2.75, 3.05) is 14.2 Å². The van der Waals surface area contributed by atoms with Gasteiger partial charge in [0.15, 0.2) is 0 Å². The average Bonchev–Trinajstić information content (AvgIpc) is 3.01.